The number of piperidine rings is 1. The Labute approximate surface area is 95.2 Å². The first-order valence-electron chi connectivity index (χ1n) is 6.57. The van der Waals surface area contributed by atoms with Gasteiger partial charge < -0.3 is 10.6 Å². The standard InChI is InChI=1S/C13H28N2/c1-11(2)13-6-9-15(10-7-13)8-4-5-12(3)14/h11-13H,4-10,14H2,1-3H3. The molecule has 1 rings (SSSR count). The third-order valence-electron chi connectivity index (χ3n) is 3.71. The lowest BCUT2D eigenvalue weighted by Crippen LogP contribution is -2.36. The first-order chi connectivity index (χ1) is 7.09. The summed E-state index contributed by atoms with van der Waals surface area (Å²) in [5, 5.41) is 0. The average molecular weight is 212 g/mol. The fourth-order valence-corrected chi connectivity index (χ4v) is 2.48. The van der Waals surface area contributed by atoms with E-state index >= 15 is 0 Å². The molecule has 0 saturated carbocycles. The minimum atomic E-state index is 0.373. The molecule has 0 aliphatic carbocycles. The van der Waals surface area contributed by atoms with E-state index in [0.29, 0.717) is 6.04 Å². The zero-order chi connectivity index (χ0) is 11.3. The molecular formula is C13H28N2. The molecule has 0 aromatic carbocycles. The molecule has 1 heterocycles. The van der Waals surface area contributed by atoms with Crippen LogP contribution in [0, 0.1) is 11.8 Å². The summed E-state index contributed by atoms with van der Waals surface area (Å²) in [5.74, 6) is 1.84. The van der Waals surface area contributed by atoms with Gasteiger partial charge in [-0.15, -0.1) is 0 Å². The highest BCUT2D eigenvalue weighted by Crippen LogP contribution is 2.24. The number of hydrogen-bond donors (Lipinski definition) is 1. The molecule has 1 aliphatic rings. The molecule has 1 atom stereocenters. The lowest BCUT2D eigenvalue weighted by atomic mass is 9.87. The van der Waals surface area contributed by atoms with E-state index in [-0.39, 0.29) is 0 Å². The van der Waals surface area contributed by atoms with Gasteiger partial charge in [0.2, 0.25) is 0 Å². The summed E-state index contributed by atoms with van der Waals surface area (Å²) in [5.41, 5.74) is 5.75. The molecule has 1 fully saturated rings. The largest absolute Gasteiger partial charge is 0.328 e. The molecule has 2 N–H and O–H groups in total. The van der Waals surface area contributed by atoms with E-state index in [1.54, 1.807) is 0 Å². The van der Waals surface area contributed by atoms with Gasteiger partial charge in [0, 0.05) is 6.04 Å². The summed E-state index contributed by atoms with van der Waals surface area (Å²) in [7, 11) is 0. The minimum Gasteiger partial charge on any atom is -0.328 e. The van der Waals surface area contributed by atoms with E-state index in [2.05, 4.69) is 25.7 Å². The number of likely N-dealkylation sites (tertiary alicyclic amines) is 1. The highest BCUT2D eigenvalue weighted by atomic mass is 15.1. The highest BCUT2D eigenvalue weighted by molar-refractivity contribution is 4.74. The molecule has 15 heavy (non-hydrogen) atoms. The van der Waals surface area contributed by atoms with Crippen LogP contribution in [0.1, 0.15) is 46.5 Å². The van der Waals surface area contributed by atoms with E-state index in [4.69, 9.17) is 5.73 Å². The third-order valence-corrected chi connectivity index (χ3v) is 3.71. The van der Waals surface area contributed by atoms with Gasteiger partial charge in [-0.25, -0.2) is 0 Å². The Balaban J connectivity index is 2.09. The van der Waals surface area contributed by atoms with Gasteiger partial charge in [0.15, 0.2) is 0 Å². The summed E-state index contributed by atoms with van der Waals surface area (Å²) in [6.45, 7) is 10.7. The lowest BCUT2D eigenvalue weighted by Gasteiger charge is -2.33. The maximum atomic E-state index is 5.75. The summed E-state index contributed by atoms with van der Waals surface area (Å²) in [4.78, 5) is 2.61. The van der Waals surface area contributed by atoms with Gasteiger partial charge in [0.05, 0.1) is 0 Å². The van der Waals surface area contributed by atoms with E-state index in [0.717, 1.165) is 11.8 Å². The Bertz CT molecular complexity index is 155. The van der Waals surface area contributed by atoms with Crippen molar-refractivity contribution >= 4 is 0 Å². The molecular weight excluding hydrogens is 184 g/mol. The average Bonchev–Trinajstić information content (AvgIpc) is 2.18. The van der Waals surface area contributed by atoms with E-state index < -0.39 is 0 Å². The lowest BCUT2D eigenvalue weighted by molar-refractivity contribution is 0.155. The predicted molar refractivity (Wildman–Crippen MR) is 66.9 cm³/mol. The molecule has 0 amide bonds. The molecule has 90 valence electrons. The minimum absolute atomic E-state index is 0.373. The van der Waals surface area contributed by atoms with Gasteiger partial charge in [-0.05, 0) is 64.1 Å². The van der Waals surface area contributed by atoms with E-state index in [1.807, 2.05) is 0 Å². The zero-order valence-electron chi connectivity index (χ0n) is 10.7. The number of hydrogen-bond acceptors (Lipinski definition) is 2. The van der Waals surface area contributed by atoms with Crippen molar-refractivity contribution in [3.63, 3.8) is 0 Å². The monoisotopic (exact) mass is 212 g/mol. The molecule has 0 aromatic rings. The van der Waals surface area contributed by atoms with Crippen molar-refractivity contribution in [1.29, 1.82) is 0 Å². The second kappa shape index (κ2) is 6.49. The maximum absolute atomic E-state index is 5.75. The zero-order valence-corrected chi connectivity index (χ0v) is 10.7. The Morgan fingerprint density at radius 2 is 1.80 bits per heavy atom. The van der Waals surface area contributed by atoms with Crippen molar-refractivity contribution in [3.8, 4) is 0 Å². The second-order valence-corrected chi connectivity index (χ2v) is 5.54. The van der Waals surface area contributed by atoms with Gasteiger partial charge >= 0.3 is 0 Å². The molecule has 1 aliphatic heterocycles. The number of nitrogens with zero attached hydrogens (tertiary/aromatic N) is 1. The van der Waals surface area contributed by atoms with Crippen LogP contribution in [0.3, 0.4) is 0 Å². The van der Waals surface area contributed by atoms with Crippen LogP contribution in [0.5, 0.6) is 0 Å². The van der Waals surface area contributed by atoms with Crippen LogP contribution in [0.15, 0.2) is 0 Å². The van der Waals surface area contributed by atoms with Crippen molar-refractivity contribution in [2.24, 2.45) is 17.6 Å². The Kier molecular flexibility index (Phi) is 5.62. The van der Waals surface area contributed by atoms with Crippen molar-refractivity contribution in [2.45, 2.75) is 52.5 Å². The van der Waals surface area contributed by atoms with Gasteiger partial charge in [-0.1, -0.05) is 13.8 Å². The van der Waals surface area contributed by atoms with Gasteiger partial charge in [-0.3, -0.25) is 0 Å². The topological polar surface area (TPSA) is 29.3 Å². The molecule has 2 nitrogen and oxygen atoms in total. The first kappa shape index (κ1) is 13.0. The Morgan fingerprint density at radius 3 is 2.27 bits per heavy atom. The van der Waals surface area contributed by atoms with Crippen molar-refractivity contribution in [1.82, 2.24) is 4.90 Å². The summed E-state index contributed by atoms with van der Waals surface area (Å²) in [6, 6.07) is 0.373. The van der Waals surface area contributed by atoms with Gasteiger partial charge in [0.25, 0.3) is 0 Å². The van der Waals surface area contributed by atoms with Gasteiger partial charge in [-0.2, -0.15) is 0 Å². The van der Waals surface area contributed by atoms with Crippen LogP contribution in [0.4, 0.5) is 0 Å². The van der Waals surface area contributed by atoms with Crippen molar-refractivity contribution in [2.75, 3.05) is 19.6 Å². The molecule has 0 aromatic heterocycles. The van der Waals surface area contributed by atoms with Crippen LogP contribution >= 0.6 is 0 Å². The fraction of sp³-hybridized carbons (Fsp3) is 1.00. The van der Waals surface area contributed by atoms with E-state index in [1.165, 1.54) is 45.3 Å². The maximum Gasteiger partial charge on any atom is 0.00109 e. The number of nitrogens with two attached hydrogens (primary N) is 1. The Morgan fingerprint density at radius 1 is 1.20 bits per heavy atom. The molecule has 1 saturated heterocycles. The van der Waals surface area contributed by atoms with Crippen LogP contribution in [-0.4, -0.2) is 30.6 Å². The second-order valence-electron chi connectivity index (χ2n) is 5.54. The summed E-state index contributed by atoms with van der Waals surface area (Å²) in [6.07, 6.45) is 5.24. The van der Waals surface area contributed by atoms with Crippen LogP contribution < -0.4 is 5.73 Å². The van der Waals surface area contributed by atoms with Crippen LogP contribution in [-0.2, 0) is 0 Å². The quantitative estimate of drug-likeness (QED) is 0.758. The molecule has 2 heteroatoms. The SMILES string of the molecule is CC(N)CCCN1CCC(C(C)C)CC1. The van der Waals surface area contributed by atoms with E-state index in [9.17, 15) is 0 Å². The smallest absolute Gasteiger partial charge is 0.00109 e. The van der Waals surface area contributed by atoms with Crippen molar-refractivity contribution < 1.29 is 0 Å². The number of rotatable bonds is 5. The van der Waals surface area contributed by atoms with Gasteiger partial charge in [0.1, 0.15) is 0 Å². The molecule has 0 bridgehead atoms. The van der Waals surface area contributed by atoms with Crippen LogP contribution in [0.2, 0.25) is 0 Å². The fourth-order valence-electron chi connectivity index (χ4n) is 2.48. The first-order valence-corrected chi connectivity index (χ1v) is 6.57. The van der Waals surface area contributed by atoms with Crippen molar-refractivity contribution in [3.05, 3.63) is 0 Å². The summed E-state index contributed by atoms with van der Waals surface area (Å²) < 4.78 is 0. The molecule has 0 radical (unpaired) electrons. The molecule has 1 unspecified atom stereocenters. The van der Waals surface area contributed by atoms with Crippen LogP contribution in [0.25, 0.3) is 0 Å². The summed E-state index contributed by atoms with van der Waals surface area (Å²) >= 11 is 0. The molecule has 0 spiro atoms. The normalized spacial score (nSPS) is 22.2. The third kappa shape index (κ3) is 4.98. The predicted octanol–water partition coefficient (Wildman–Crippen LogP) is 2.48. The highest BCUT2D eigenvalue weighted by Gasteiger charge is 2.20. The Hall–Kier alpha value is -0.0800.